The molecule has 114 valence electrons. The highest BCUT2D eigenvalue weighted by atomic mass is 15.3. The first-order chi connectivity index (χ1) is 10.0. The molecule has 0 aliphatic heterocycles. The Hall–Kier alpha value is -2.15. The van der Waals surface area contributed by atoms with Crippen LogP contribution in [-0.2, 0) is 6.54 Å². The number of nitrogens with zero attached hydrogens (tertiary/aromatic N) is 4. The fourth-order valence-corrected chi connectivity index (χ4v) is 1.98. The highest BCUT2D eigenvalue weighted by Gasteiger charge is 2.12. The first-order valence-corrected chi connectivity index (χ1v) is 7.09. The van der Waals surface area contributed by atoms with E-state index in [2.05, 4.69) is 39.7 Å². The summed E-state index contributed by atoms with van der Waals surface area (Å²) in [4.78, 5) is 8.99. The lowest BCUT2D eigenvalue weighted by Crippen LogP contribution is -2.17. The van der Waals surface area contributed by atoms with Gasteiger partial charge in [-0.25, -0.2) is 15.8 Å². The van der Waals surface area contributed by atoms with Gasteiger partial charge in [0.05, 0.1) is 12.7 Å². The third-order valence-electron chi connectivity index (χ3n) is 3.21. The van der Waals surface area contributed by atoms with Crippen molar-refractivity contribution in [1.82, 2.24) is 19.7 Å². The number of rotatable bonds is 6. The zero-order valence-corrected chi connectivity index (χ0v) is 13.0. The van der Waals surface area contributed by atoms with Crippen LogP contribution in [0.15, 0.2) is 12.4 Å². The molecule has 4 N–H and O–H groups in total. The van der Waals surface area contributed by atoms with E-state index in [-0.39, 0.29) is 5.92 Å². The van der Waals surface area contributed by atoms with Crippen molar-refractivity contribution in [2.24, 2.45) is 5.84 Å². The monoisotopic (exact) mass is 289 g/mol. The van der Waals surface area contributed by atoms with E-state index in [9.17, 15) is 0 Å². The first-order valence-electron chi connectivity index (χ1n) is 7.09. The zero-order chi connectivity index (χ0) is 15.4. The average molecular weight is 289 g/mol. The lowest BCUT2D eigenvalue weighted by molar-refractivity contribution is 0.636. The van der Waals surface area contributed by atoms with Crippen molar-refractivity contribution in [2.75, 3.05) is 17.3 Å². The number of hydrogen-bond donors (Lipinski definition) is 3. The van der Waals surface area contributed by atoms with Crippen LogP contribution in [0.4, 0.5) is 11.6 Å². The van der Waals surface area contributed by atoms with Crippen LogP contribution in [0.1, 0.15) is 36.7 Å². The Bertz CT molecular complexity index is 603. The van der Waals surface area contributed by atoms with E-state index >= 15 is 0 Å². The van der Waals surface area contributed by atoms with Crippen molar-refractivity contribution < 1.29 is 0 Å². The molecular weight excluding hydrogens is 266 g/mol. The number of aryl methyl sites for hydroxylation is 1. The number of nitrogens with two attached hydrogens (primary N) is 1. The van der Waals surface area contributed by atoms with E-state index in [1.165, 1.54) is 0 Å². The molecule has 7 heteroatoms. The fourth-order valence-electron chi connectivity index (χ4n) is 1.98. The van der Waals surface area contributed by atoms with Gasteiger partial charge in [0.25, 0.3) is 0 Å². The molecule has 7 nitrogen and oxygen atoms in total. The van der Waals surface area contributed by atoms with Gasteiger partial charge in [0.2, 0.25) is 0 Å². The molecule has 0 unspecified atom stereocenters. The molecule has 2 rings (SSSR count). The van der Waals surface area contributed by atoms with Crippen molar-refractivity contribution in [3.05, 3.63) is 29.3 Å². The molecule has 0 aliphatic carbocycles. The van der Waals surface area contributed by atoms with Crippen LogP contribution in [0.2, 0.25) is 0 Å². The van der Waals surface area contributed by atoms with Gasteiger partial charge in [-0.1, -0.05) is 13.8 Å². The van der Waals surface area contributed by atoms with Crippen LogP contribution >= 0.6 is 0 Å². The second kappa shape index (κ2) is 6.53. The summed E-state index contributed by atoms with van der Waals surface area (Å²) in [6.07, 6.45) is 3.87. The largest absolute Gasteiger partial charge is 0.368 e. The van der Waals surface area contributed by atoms with Gasteiger partial charge < -0.3 is 10.7 Å². The third-order valence-corrected chi connectivity index (χ3v) is 3.21. The maximum Gasteiger partial charge on any atom is 0.148 e. The standard InChI is InChI=1S/C14H23N7/c1-9(2)12-18-13(11(4)14(19-12)20-15)16-5-6-21-8-10(3)7-17-21/h7-9H,5-6,15H2,1-4H3,(H2,16,18,19,20). The summed E-state index contributed by atoms with van der Waals surface area (Å²) >= 11 is 0. The summed E-state index contributed by atoms with van der Waals surface area (Å²) in [5, 5.41) is 7.59. The van der Waals surface area contributed by atoms with E-state index in [4.69, 9.17) is 5.84 Å². The number of aromatic nitrogens is 4. The van der Waals surface area contributed by atoms with Crippen molar-refractivity contribution in [1.29, 1.82) is 0 Å². The summed E-state index contributed by atoms with van der Waals surface area (Å²) in [5.74, 6) is 8.01. The number of nitrogen functional groups attached to an aromatic ring is 1. The fraction of sp³-hybridized carbons (Fsp3) is 0.500. The minimum atomic E-state index is 0.243. The molecule has 0 saturated carbocycles. The Labute approximate surface area is 124 Å². The molecule has 0 aliphatic rings. The van der Waals surface area contributed by atoms with Gasteiger partial charge in [-0.2, -0.15) is 5.10 Å². The summed E-state index contributed by atoms with van der Waals surface area (Å²) in [6.45, 7) is 9.60. The maximum absolute atomic E-state index is 5.53. The zero-order valence-electron chi connectivity index (χ0n) is 13.0. The van der Waals surface area contributed by atoms with Gasteiger partial charge in [-0.15, -0.1) is 0 Å². The van der Waals surface area contributed by atoms with Gasteiger partial charge in [-0.05, 0) is 19.4 Å². The average Bonchev–Trinajstić information content (AvgIpc) is 2.86. The summed E-state index contributed by atoms with van der Waals surface area (Å²) in [7, 11) is 0. The van der Waals surface area contributed by atoms with Gasteiger partial charge >= 0.3 is 0 Å². The minimum Gasteiger partial charge on any atom is -0.368 e. The molecular formula is C14H23N7. The molecule has 21 heavy (non-hydrogen) atoms. The number of anilines is 2. The van der Waals surface area contributed by atoms with Gasteiger partial charge in [0, 0.05) is 24.2 Å². The van der Waals surface area contributed by atoms with Crippen molar-refractivity contribution in [3.8, 4) is 0 Å². The second-order valence-electron chi connectivity index (χ2n) is 5.41. The van der Waals surface area contributed by atoms with Crippen LogP contribution in [0.3, 0.4) is 0 Å². The summed E-state index contributed by atoms with van der Waals surface area (Å²) in [5.41, 5.74) is 4.71. The van der Waals surface area contributed by atoms with E-state index < -0.39 is 0 Å². The Morgan fingerprint density at radius 3 is 2.52 bits per heavy atom. The lowest BCUT2D eigenvalue weighted by Gasteiger charge is -2.15. The molecule has 2 heterocycles. The first kappa shape index (κ1) is 15.2. The minimum absolute atomic E-state index is 0.243. The van der Waals surface area contributed by atoms with Crippen molar-refractivity contribution in [2.45, 2.75) is 40.2 Å². The van der Waals surface area contributed by atoms with Crippen molar-refractivity contribution in [3.63, 3.8) is 0 Å². The molecule has 0 fully saturated rings. The van der Waals surface area contributed by atoms with E-state index in [1.807, 2.05) is 30.9 Å². The van der Waals surface area contributed by atoms with E-state index in [1.54, 1.807) is 0 Å². The van der Waals surface area contributed by atoms with Gasteiger partial charge in [0.15, 0.2) is 0 Å². The van der Waals surface area contributed by atoms with Crippen LogP contribution in [0.25, 0.3) is 0 Å². The number of hydrazine groups is 1. The SMILES string of the molecule is Cc1cnn(CCNc2nc(C(C)C)nc(NN)c2C)c1. The van der Waals surface area contributed by atoms with Crippen LogP contribution in [0.5, 0.6) is 0 Å². The topological polar surface area (TPSA) is 93.7 Å². The molecule has 0 atom stereocenters. The van der Waals surface area contributed by atoms with Crippen LogP contribution < -0.4 is 16.6 Å². The quantitative estimate of drug-likeness (QED) is 0.554. The third kappa shape index (κ3) is 3.69. The number of hydrogen-bond acceptors (Lipinski definition) is 6. The lowest BCUT2D eigenvalue weighted by atomic mass is 10.2. The molecule has 0 amide bonds. The smallest absolute Gasteiger partial charge is 0.148 e. The Balaban J connectivity index is 2.09. The molecule has 0 saturated heterocycles. The summed E-state index contributed by atoms with van der Waals surface area (Å²) < 4.78 is 1.91. The molecule has 0 spiro atoms. The predicted molar refractivity (Wildman–Crippen MR) is 84.1 cm³/mol. The Kier molecular flexibility index (Phi) is 4.74. The van der Waals surface area contributed by atoms with E-state index in [0.717, 1.165) is 35.9 Å². The molecule has 0 radical (unpaired) electrons. The molecule has 0 bridgehead atoms. The van der Waals surface area contributed by atoms with Gasteiger partial charge in [-0.3, -0.25) is 4.68 Å². The van der Waals surface area contributed by atoms with Crippen LogP contribution in [0, 0.1) is 13.8 Å². The van der Waals surface area contributed by atoms with E-state index in [0.29, 0.717) is 5.82 Å². The Morgan fingerprint density at radius 1 is 1.24 bits per heavy atom. The molecule has 0 aromatic carbocycles. The molecule has 2 aromatic rings. The molecule has 2 aromatic heterocycles. The maximum atomic E-state index is 5.53. The van der Waals surface area contributed by atoms with Crippen LogP contribution in [-0.4, -0.2) is 26.3 Å². The normalized spacial score (nSPS) is 11.0. The second-order valence-corrected chi connectivity index (χ2v) is 5.41. The summed E-state index contributed by atoms with van der Waals surface area (Å²) in [6, 6.07) is 0. The number of nitrogens with one attached hydrogen (secondary N) is 2. The Morgan fingerprint density at radius 2 is 1.95 bits per heavy atom. The highest BCUT2D eigenvalue weighted by Crippen LogP contribution is 2.22. The highest BCUT2D eigenvalue weighted by molar-refractivity contribution is 5.56. The van der Waals surface area contributed by atoms with Crippen molar-refractivity contribution >= 4 is 11.6 Å². The predicted octanol–water partition coefficient (Wildman–Crippen LogP) is 1.81. The van der Waals surface area contributed by atoms with Gasteiger partial charge in [0.1, 0.15) is 17.5 Å².